The van der Waals surface area contributed by atoms with Gasteiger partial charge in [-0.3, -0.25) is 9.13 Å². The Morgan fingerprint density at radius 2 is 0.909 bits per heavy atom. The van der Waals surface area contributed by atoms with Gasteiger partial charge in [-0.15, -0.1) is 0 Å². The van der Waals surface area contributed by atoms with E-state index in [0.717, 1.165) is 12.8 Å². The van der Waals surface area contributed by atoms with E-state index >= 15 is 0 Å². The van der Waals surface area contributed by atoms with Crippen molar-refractivity contribution in [1.82, 2.24) is 0 Å². The molecule has 0 spiro atoms. The van der Waals surface area contributed by atoms with E-state index in [1.807, 2.05) is 0 Å². The minimum absolute atomic E-state index is 0.0142. The van der Waals surface area contributed by atoms with Gasteiger partial charge in [-0.05, 0) is 12.8 Å². The predicted octanol–water partition coefficient (Wildman–Crippen LogP) is 2.04. The van der Waals surface area contributed by atoms with Crippen molar-refractivity contribution in [3.8, 4) is 0 Å². The number of nitrogens with zero attached hydrogens (tertiary/aromatic N) is 2. The molecule has 0 aliphatic heterocycles. The molecule has 0 saturated heterocycles. The highest BCUT2D eigenvalue weighted by atomic mass is 31.2. The van der Waals surface area contributed by atoms with Crippen LogP contribution in [0, 0.1) is 0 Å². The summed E-state index contributed by atoms with van der Waals surface area (Å²) in [5.41, 5.74) is -1.06. The van der Waals surface area contributed by atoms with Crippen LogP contribution in [0.1, 0.15) is 51.4 Å². The van der Waals surface area contributed by atoms with Crippen molar-refractivity contribution >= 4 is 26.1 Å². The molecule has 12 heteroatoms. The second-order valence-corrected chi connectivity index (χ2v) is 7.95. The zero-order valence-corrected chi connectivity index (χ0v) is 13.7. The molecule has 0 atom stereocenters. The number of hydrogen-bond acceptors (Lipinski definition) is 6. The van der Waals surface area contributed by atoms with Crippen molar-refractivity contribution in [2.75, 3.05) is 0 Å². The highest BCUT2D eigenvalue weighted by molar-refractivity contribution is 7.70. The fourth-order valence-electron chi connectivity index (χ4n) is 1.78. The van der Waals surface area contributed by atoms with Gasteiger partial charge in [0.2, 0.25) is 0 Å². The molecule has 0 saturated carbocycles. The lowest BCUT2D eigenvalue weighted by Gasteiger charge is -2.07. The molecule has 0 amide bonds. The van der Waals surface area contributed by atoms with Crippen molar-refractivity contribution in [3.63, 3.8) is 0 Å². The molecular formula is C10H22N2O8P2. The van der Waals surface area contributed by atoms with Crippen LogP contribution in [0.4, 0.5) is 0 Å². The topological polar surface area (TPSA) is 180 Å². The van der Waals surface area contributed by atoms with Gasteiger partial charge in [-0.25, -0.2) is 0 Å². The highest BCUT2D eigenvalue weighted by Crippen LogP contribution is 2.39. The van der Waals surface area contributed by atoms with Gasteiger partial charge in [0.05, 0.1) is 0 Å². The van der Waals surface area contributed by atoms with Gasteiger partial charge in [0.15, 0.2) is 10.9 Å². The minimum atomic E-state index is -4.48. The summed E-state index contributed by atoms with van der Waals surface area (Å²) in [6.07, 6.45) is 3.85. The first kappa shape index (κ1) is 21.2. The molecule has 0 aliphatic rings. The predicted molar refractivity (Wildman–Crippen MR) is 79.5 cm³/mol. The lowest BCUT2D eigenvalue weighted by atomic mass is 10.1. The maximum Gasteiger partial charge on any atom is 0.373 e. The van der Waals surface area contributed by atoms with Gasteiger partial charge in [-0.1, -0.05) is 36.0 Å². The van der Waals surface area contributed by atoms with Crippen LogP contribution in [0.2, 0.25) is 0 Å². The maximum atomic E-state index is 10.8. The van der Waals surface area contributed by atoms with Crippen LogP contribution >= 0.6 is 15.2 Å². The van der Waals surface area contributed by atoms with Crippen molar-refractivity contribution in [2.24, 2.45) is 10.3 Å². The lowest BCUT2D eigenvalue weighted by Crippen LogP contribution is -2.00. The van der Waals surface area contributed by atoms with Gasteiger partial charge in [0.1, 0.15) is 0 Å². The second kappa shape index (κ2) is 10.1. The number of unbranched alkanes of at least 4 members (excludes halogenated alkanes) is 5. The van der Waals surface area contributed by atoms with Crippen molar-refractivity contribution in [1.29, 1.82) is 0 Å². The van der Waals surface area contributed by atoms with Crippen molar-refractivity contribution < 1.29 is 39.1 Å². The second-order valence-electron chi connectivity index (χ2n) is 4.74. The third-order valence-electron chi connectivity index (χ3n) is 2.95. The standard InChI is InChI=1S/C10H22N2O8P2/c13-11-9(21(15,16)17)7-5-3-1-2-4-6-8-10(12-14)22(18,19)20/h13-14H,1-8H2,(H2,15,16,17)(H2,18,19,20)/b11-9-,12-10-. The molecule has 0 unspecified atom stereocenters. The third-order valence-corrected chi connectivity index (χ3v) is 4.93. The summed E-state index contributed by atoms with van der Waals surface area (Å²) in [7, 11) is -8.97. The Balaban J connectivity index is 3.76. The summed E-state index contributed by atoms with van der Waals surface area (Å²) < 4.78 is 21.7. The summed E-state index contributed by atoms with van der Waals surface area (Å²) in [5, 5.41) is 22.2. The largest absolute Gasteiger partial charge is 0.410 e. The minimum Gasteiger partial charge on any atom is -0.410 e. The summed E-state index contributed by atoms with van der Waals surface area (Å²) in [6, 6.07) is 0. The molecule has 0 fully saturated rings. The summed E-state index contributed by atoms with van der Waals surface area (Å²) >= 11 is 0. The summed E-state index contributed by atoms with van der Waals surface area (Å²) in [4.78, 5) is 35.3. The average molecular weight is 360 g/mol. The molecule has 0 aromatic heterocycles. The molecule has 130 valence electrons. The Morgan fingerprint density at radius 1 is 0.636 bits per heavy atom. The Morgan fingerprint density at radius 3 is 1.14 bits per heavy atom. The van der Waals surface area contributed by atoms with Gasteiger partial charge >= 0.3 is 15.2 Å². The molecule has 6 N–H and O–H groups in total. The first-order chi connectivity index (χ1) is 10.1. The monoisotopic (exact) mass is 360 g/mol. The Bertz CT molecular complexity index is 437. The SMILES string of the molecule is O=P(O)(O)/C(CCCCCCCC/C(=N/O)P(=O)(O)O)=N\O. The lowest BCUT2D eigenvalue weighted by molar-refractivity contribution is 0.314. The quantitative estimate of drug-likeness (QED) is 0.106. The molecule has 0 aromatic rings. The van der Waals surface area contributed by atoms with Gasteiger partial charge < -0.3 is 30.0 Å². The Labute approximate surface area is 127 Å². The molecule has 0 aliphatic carbocycles. The molecule has 0 heterocycles. The number of oxime groups is 2. The van der Waals surface area contributed by atoms with E-state index in [1.54, 1.807) is 0 Å². The molecule has 0 bridgehead atoms. The molecule has 22 heavy (non-hydrogen) atoms. The van der Waals surface area contributed by atoms with Gasteiger partial charge in [0.25, 0.3) is 0 Å². The van der Waals surface area contributed by atoms with Crippen LogP contribution in [-0.4, -0.2) is 40.9 Å². The molecule has 0 radical (unpaired) electrons. The molecule has 0 aromatic carbocycles. The summed E-state index contributed by atoms with van der Waals surface area (Å²) in [6.45, 7) is 0. The van der Waals surface area contributed by atoms with Gasteiger partial charge in [0, 0.05) is 12.8 Å². The molecule has 0 rings (SSSR count). The van der Waals surface area contributed by atoms with Crippen LogP contribution in [0.3, 0.4) is 0 Å². The van der Waals surface area contributed by atoms with Crippen LogP contribution in [0.25, 0.3) is 0 Å². The van der Waals surface area contributed by atoms with Crippen LogP contribution in [0.5, 0.6) is 0 Å². The molecule has 10 nitrogen and oxygen atoms in total. The van der Waals surface area contributed by atoms with E-state index in [4.69, 9.17) is 30.0 Å². The normalized spacial score (nSPS) is 14.4. The van der Waals surface area contributed by atoms with Crippen molar-refractivity contribution in [3.05, 3.63) is 0 Å². The van der Waals surface area contributed by atoms with Crippen LogP contribution < -0.4 is 0 Å². The average Bonchev–Trinajstić information content (AvgIpc) is 2.38. The summed E-state index contributed by atoms with van der Waals surface area (Å²) in [5.74, 6) is 0. The zero-order valence-electron chi connectivity index (χ0n) is 11.9. The smallest absolute Gasteiger partial charge is 0.373 e. The van der Waals surface area contributed by atoms with E-state index in [1.165, 1.54) is 0 Å². The van der Waals surface area contributed by atoms with Crippen molar-refractivity contribution in [2.45, 2.75) is 51.4 Å². The highest BCUT2D eigenvalue weighted by Gasteiger charge is 2.23. The third kappa shape index (κ3) is 9.30. The van der Waals surface area contributed by atoms with E-state index in [-0.39, 0.29) is 12.8 Å². The fraction of sp³-hybridized carbons (Fsp3) is 0.800. The van der Waals surface area contributed by atoms with E-state index in [9.17, 15) is 9.13 Å². The number of hydrogen-bond donors (Lipinski definition) is 6. The van der Waals surface area contributed by atoms with E-state index in [2.05, 4.69) is 10.3 Å². The van der Waals surface area contributed by atoms with E-state index < -0.39 is 26.1 Å². The molecular weight excluding hydrogens is 338 g/mol. The zero-order chi connectivity index (χ0) is 17.2. The maximum absolute atomic E-state index is 10.8. The fourth-order valence-corrected chi connectivity index (χ4v) is 2.91. The Kier molecular flexibility index (Phi) is 9.75. The van der Waals surface area contributed by atoms with E-state index in [0.29, 0.717) is 25.7 Å². The first-order valence-electron chi connectivity index (χ1n) is 6.67. The first-order valence-corrected chi connectivity index (χ1v) is 9.89. The van der Waals surface area contributed by atoms with Crippen LogP contribution in [-0.2, 0) is 9.13 Å². The van der Waals surface area contributed by atoms with Gasteiger partial charge in [-0.2, -0.15) is 0 Å². The number of rotatable bonds is 11. The van der Waals surface area contributed by atoms with Crippen LogP contribution in [0.15, 0.2) is 10.3 Å². The Hall–Kier alpha value is -0.760.